The van der Waals surface area contributed by atoms with Crippen LogP contribution in [0.4, 0.5) is 0 Å². The van der Waals surface area contributed by atoms with Crippen LogP contribution in [0.5, 0.6) is 0 Å². The Kier molecular flexibility index (Phi) is 6.11. The maximum absolute atomic E-state index is 4.36. The second-order valence-electron chi connectivity index (χ2n) is 0.159. The predicted molar refractivity (Wildman–Crippen MR) is 32.4 cm³/mol. The van der Waals surface area contributed by atoms with Crippen molar-refractivity contribution in [3.8, 4) is 0 Å². The SMILES string of the molecule is POSI. The zero-order valence-electron chi connectivity index (χ0n) is 1.77. The Morgan fingerprint density at radius 2 is 2.25 bits per heavy atom. The molecule has 0 N–H and O–H groups in total. The summed E-state index contributed by atoms with van der Waals surface area (Å²) in [5.74, 6) is 0. The third-order valence-corrected chi connectivity index (χ3v) is 2.20. The molecule has 0 aromatic rings. The van der Waals surface area contributed by atoms with Gasteiger partial charge in [-0.2, -0.15) is 0 Å². The molecule has 0 aliphatic rings. The van der Waals surface area contributed by atoms with Gasteiger partial charge in [-0.1, -0.05) is 0 Å². The van der Waals surface area contributed by atoms with E-state index >= 15 is 0 Å². The highest BCUT2D eigenvalue weighted by atomic mass is 127. The minimum atomic E-state index is 1.29. The molecular formula is H2IOPS. The van der Waals surface area contributed by atoms with Crippen molar-refractivity contribution in [2.45, 2.75) is 0 Å². The average Bonchev–Trinajstić information content (AvgIpc) is 1.37. The third-order valence-electron chi connectivity index (χ3n) is 0.0364. The molecule has 4 heteroatoms. The topological polar surface area (TPSA) is 9.23 Å². The molecule has 0 spiro atoms. The lowest BCUT2D eigenvalue weighted by molar-refractivity contribution is 0.774. The van der Waals surface area contributed by atoms with Gasteiger partial charge in [0.05, 0.1) is 9.21 Å². The molecule has 0 saturated heterocycles. The molecule has 0 rings (SSSR count). The Hall–Kier alpha value is 1.47. The van der Waals surface area contributed by atoms with E-state index in [-0.39, 0.29) is 0 Å². The van der Waals surface area contributed by atoms with Gasteiger partial charge in [0.25, 0.3) is 0 Å². The molecule has 0 radical (unpaired) electrons. The predicted octanol–water partition coefficient (Wildman–Crippen LogP) is 1.79. The molecule has 1 nitrogen and oxygen atoms in total. The van der Waals surface area contributed by atoms with E-state index in [4.69, 9.17) is 0 Å². The van der Waals surface area contributed by atoms with Gasteiger partial charge in [0.2, 0.25) is 0 Å². The molecule has 0 heterocycles. The van der Waals surface area contributed by atoms with Crippen LogP contribution in [0.3, 0.4) is 0 Å². The molecule has 0 aromatic heterocycles. The first-order valence-corrected chi connectivity index (χ1v) is 4.31. The molecule has 1 unspecified atom stereocenters. The van der Waals surface area contributed by atoms with Crippen molar-refractivity contribution in [3.05, 3.63) is 0 Å². The van der Waals surface area contributed by atoms with E-state index < -0.39 is 0 Å². The van der Waals surface area contributed by atoms with Gasteiger partial charge >= 0.3 is 0 Å². The van der Waals surface area contributed by atoms with Crippen LogP contribution in [-0.2, 0) is 3.97 Å². The van der Waals surface area contributed by atoms with Crippen LogP contribution < -0.4 is 0 Å². The van der Waals surface area contributed by atoms with E-state index in [0.29, 0.717) is 0 Å². The smallest absolute Gasteiger partial charge is 0.0683 e. The first kappa shape index (κ1) is 5.47. The molecular weight excluding hydrogens is 206 g/mol. The van der Waals surface area contributed by atoms with Crippen molar-refractivity contribution in [1.82, 2.24) is 0 Å². The summed E-state index contributed by atoms with van der Waals surface area (Å²) in [5.41, 5.74) is 0. The molecule has 0 aromatic carbocycles. The minimum Gasteiger partial charge on any atom is -0.290 e. The normalized spacial score (nSPS) is 7.50. The first-order chi connectivity index (χ1) is 1.91. The molecule has 0 fully saturated rings. The van der Waals surface area contributed by atoms with Crippen molar-refractivity contribution >= 4 is 39.9 Å². The summed E-state index contributed by atoms with van der Waals surface area (Å²) < 4.78 is 4.36. The number of halogens is 1. The van der Waals surface area contributed by atoms with Crippen LogP contribution >= 0.6 is 39.9 Å². The van der Waals surface area contributed by atoms with Gasteiger partial charge in [0.1, 0.15) is 0 Å². The molecule has 0 amide bonds. The largest absolute Gasteiger partial charge is 0.290 e. The Balaban J connectivity index is 1.97. The summed E-state index contributed by atoms with van der Waals surface area (Å²) in [6.07, 6.45) is 0. The molecule has 0 aliphatic heterocycles. The van der Waals surface area contributed by atoms with E-state index in [1.165, 1.54) is 9.21 Å². The van der Waals surface area contributed by atoms with Crippen LogP contribution in [0.15, 0.2) is 0 Å². The number of rotatable bonds is 1. The van der Waals surface area contributed by atoms with Gasteiger partial charge in [-0.3, -0.25) is 3.97 Å². The fraction of sp³-hybridized carbons (Fsp3) is 0. The van der Waals surface area contributed by atoms with E-state index in [0.717, 1.165) is 0 Å². The van der Waals surface area contributed by atoms with Crippen LogP contribution in [0.1, 0.15) is 0 Å². The fourth-order valence-corrected chi connectivity index (χ4v) is 0. The van der Waals surface area contributed by atoms with Gasteiger partial charge in [-0.05, 0) is 0 Å². The summed E-state index contributed by atoms with van der Waals surface area (Å²) >= 11 is 2.03. The first-order valence-electron chi connectivity index (χ1n) is 0.557. The maximum atomic E-state index is 4.36. The molecule has 1 atom stereocenters. The molecule has 0 bridgehead atoms. The molecule has 26 valence electrons. The fourth-order valence-electron chi connectivity index (χ4n) is 0. The highest BCUT2D eigenvalue weighted by molar-refractivity contribution is 14.2. The van der Waals surface area contributed by atoms with Crippen LogP contribution in [0, 0.1) is 0 Å². The van der Waals surface area contributed by atoms with Crippen molar-refractivity contribution in [3.63, 3.8) is 0 Å². The third kappa shape index (κ3) is 3.47. The molecule has 0 saturated carbocycles. The summed E-state index contributed by atoms with van der Waals surface area (Å²) in [4.78, 5) is 0. The van der Waals surface area contributed by atoms with E-state index in [1.807, 2.05) is 21.2 Å². The number of hydrogen-bond acceptors (Lipinski definition) is 2. The minimum absolute atomic E-state index is 1.29. The van der Waals surface area contributed by atoms with Gasteiger partial charge in [0.15, 0.2) is 0 Å². The van der Waals surface area contributed by atoms with E-state index in [9.17, 15) is 0 Å². The second kappa shape index (κ2) is 4.47. The highest BCUT2D eigenvalue weighted by Gasteiger charge is 1.56. The Morgan fingerprint density at radius 3 is 2.25 bits per heavy atom. The highest BCUT2D eigenvalue weighted by Crippen LogP contribution is 2.14. The summed E-state index contributed by atoms with van der Waals surface area (Å²) in [7, 11) is 3.40. The van der Waals surface area contributed by atoms with Crippen LogP contribution in [0.2, 0.25) is 0 Å². The van der Waals surface area contributed by atoms with Crippen molar-refractivity contribution < 1.29 is 3.97 Å². The zero-order chi connectivity index (χ0) is 3.41. The lowest BCUT2D eigenvalue weighted by Crippen LogP contribution is -1.24. The van der Waals surface area contributed by atoms with Crippen molar-refractivity contribution in [2.24, 2.45) is 0 Å². The summed E-state index contributed by atoms with van der Waals surface area (Å²) in [5, 5.41) is 0. The zero-order valence-corrected chi connectivity index (χ0v) is 5.90. The Bertz CT molecular complexity index is 10.0. The Morgan fingerprint density at radius 1 is 2.00 bits per heavy atom. The van der Waals surface area contributed by atoms with Crippen LogP contribution in [-0.4, -0.2) is 0 Å². The van der Waals surface area contributed by atoms with Crippen molar-refractivity contribution in [2.75, 3.05) is 0 Å². The lowest BCUT2D eigenvalue weighted by Gasteiger charge is -1.70. The van der Waals surface area contributed by atoms with E-state index in [2.05, 4.69) is 13.4 Å². The second-order valence-corrected chi connectivity index (χ2v) is 2.13. The monoisotopic (exact) mass is 208 g/mol. The average molecular weight is 208 g/mol. The van der Waals surface area contributed by atoms with E-state index in [1.54, 1.807) is 0 Å². The quantitative estimate of drug-likeness (QED) is 0.369. The van der Waals surface area contributed by atoms with Crippen molar-refractivity contribution in [1.29, 1.82) is 0 Å². The lowest BCUT2D eigenvalue weighted by atomic mass is 15.9. The van der Waals surface area contributed by atoms with Crippen LogP contribution in [0.25, 0.3) is 0 Å². The summed E-state index contributed by atoms with van der Waals surface area (Å²) in [6, 6.07) is 0. The van der Waals surface area contributed by atoms with Gasteiger partial charge < -0.3 is 0 Å². The Labute approximate surface area is 43.9 Å². The molecule has 4 heavy (non-hydrogen) atoms. The van der Waals surface area contributed by atoms with Gasteiger partial charge in [-0.15, -0.1) is 0 Å². The summed E-state index contributed by atoms with van der Waals surface area (Å²) in [6.45, 7) is 0. The number of hydrogen-bond donors (Lipinski definition) is 0. The van der Waals surface area contributed by atoms with Gasteiger partial charge in [0, 0.05) is 30.7 Å². The molecule has 0 aliphatic carbocycles. The maximum Gasteiger partial charge on any atom is 0.0683 e. The van der Waals surface area contributed by atoms with Gasteiger partial charge in [-0.25, -0.2) is 0 Å². The standard InChI is InChI=1S/H2IOPS/c1-4-2-3/h3H2.